The number of fused-ring (bicyclic) bond motifs is 9. The fourth-order valence-electron chi connectivity index (χ4n) is 10.6. The van der Waals surface area contributed by atoms with E-state index in [9.17, 15) is 0 Å². The third kappa shape index (κ3) is 4.84. The van der Waals surface area contributed by atoms with E-state index in [2.05, 4.69) is 230 Å². The van der Waals surface area contributed by atoms with Crippen LogP contribution < -0.4 is 4.90 Å². The Hall–Kier alpha value is -7.00. The van der Waals surface area contributed by atoms with Crippen LogP contribution in [-0.2, 0) is 10.8 Å². The van der Waals surface area contributed by atoms with Crippen LogP contribution in [0.2, 0.25) is 0 Å². The maximum Gasteiger partial charge on any atom is 0.0713 e. The van der Waals surface area contributed by atoms with E-state index < -0.39 is 5.41 Å². The smallest absolute Gasteiger partial charge is 0.0713 e. The van der Waals surface area contributed by atoms with E-state index in [1.54, 1.807) is 0 Å². The lowest BCUT2D eigenvalue weighted by atomic mass is 9.68. The zero-order valence-corrected chi connectivity index (χ0v) is 33.5. The minimum absolute atomic E-state index is 0.263. The molecular formula is C57H39NS. The van der Waals surface area contributed by atoms with Gasteiger partial charge >= 0.3 is 0 Å². The molecule has 0 N–H and O–H groups in total. The molecule has 278 valence electrons. The summed E-state index contributed by atoms with van der Waals surface area (Å²) in [5.41, 5.74) is 17.0. The highest BCUT2D eigenvalue weighted by molar-refractivity contribution is 7.25. The average Bonchev–Trinajstić information content (AvgIpc) is 3.92. The molecule has 1 heterocycles. The van der Waals surface area contributed by atoms with Gasteiger partial charge in [0.1, 0.15) is 0 Å². The molecule has 1 unspecified atom stereocenters. The first-order chi connectivity index (χ1) is 29.1. The van der Waals surface area contributed by atoms with Crippen molar-refractivity contribution in [1.29, 1.82) is 0 Å². The topological polar surface area (TPSA) is 3.24 Å². The fraction of sp³-hybridized carbons (Fsp3) is 0.0526. The van der Waals surface area contributed by atoms with E-state index in [1.165, 1.54) is 81.4 Å². The predicted molar refractivity (Wildman–Crippen MR) is 249 cm³/mol. The summed E-state index contributed by atoms with van der Waals surface area (Å²) in [7, 11) is 0. The highest BCUT2D eigenvalue weighted by Gasteiger charge is 2.46. The number of nitrogens with zero attached hydrogens (tertiary/aromatic N) is 1. The first kappa shape index (κ1) is 34.1. The highest BCUT2D eigenvalue weighted by Crippen LogP contribution is 2.58. The van der Waals surface area contributed by atoms with Crippen molar-refractivity contribution >= 4 is 48.6 Å². The van der Waals surface area contributed by atoms with Crippen molar-refractivity contribution in [3.63, 3.8) is 0 Å². The van der Waals surface area contributed by atoms with Gasteiger partial charge in [-0.25, -0.2) is 0 Å². The normalized spacial score (nSPS) is 15.7. The molecule has 1 aromatic heterocycles. The fourth-order valence-corrected chi connectivity index (χ4v) is 11.7. The average molecular weight is 770 g/mol. The van der Waals surface area contributed by atoms with E-state index in [0.717, 1.165) is 17.1 Å². The quantitative estimate of drug-likeness (QED) is 0.163. The predicted octanol–water partition coefficient (Wildman–Crippen LogP) is 15.2. The lowest BCUT2D eigenvalue weighted by Crippen LogP contribution is -2.28. The second-order valence-electron chi connectivity index (χ2n) is 16.1. The van der Waals surface area contributed by atoms with Crippen LogP contribution in [0.25, 0.3) is 42.4 Å². The Kier molecular flexibility index (Phi) is 7.51. The van der Waals surface area contributed by atoms with Gasteiger partial charge in [-0.15, -0.1) is 11.3 Å². The number of hydrogen-bond acceptors (Lipinski definition) is 2. The zero-order chi connectivity index (χ0) is 39.1. The Morgan fingerprint density at radius 1 is 0.339 bits per heavy atom. The Bertz CT molecular complexity index is 3200. The number of anilines is 3. The van der Waals surface area contributed by atoms with Crippen LogP contribution >= 0.6 is 11.3 Å². The van der Waals surface area contributed by atoms with E-state index in [1.807, 2.05) is 11.3 Å². The minimum atomic E-state index is -0.453. The maximum absolute atomic E-state index is 2.49. The Labute approximate surface area is 349 Å². The van der Waals surface area contributed by atoms with Gasteiger partial charge in [-0.1, -0.05) is 170 Å². The number of thiophene rings is 1. The summed E-state index contributed by atoms with van der Waals surface area (Å²) >= 11 is 1.87. The molecule has 0 saturated carbocycles. The van der Waals surface area contributed by atoms with Gasteiger partial charge in [-0.2, -0.15) is 0 Å². The van der Waals surface area contributed by atoms with Crippen molar-refractivity contribution in [3.05, 3.63) is 257 Å². The summed E-state index contributed by atoms with van der Waals surface area (Å²) in [6.45, 7) is 2.39. The molecule has 1 nitrogen and oxygen atoms in total. The molecule has 0 radical (unpaired) electrons. The SMILES string of the molecule is CC1(c2ccccc2)c2ccccc2-c2cc(N(c3ccc4c(c3)-c3ccccc3C4(c3ccccc3)c3ccccc3)c3ccc4sc5ccccc5c4c3)ccc21. The molecule has 12 rings (SSSR count). The lowest BCUT2D eigenvalue weighted by molar-refractivity contribution is 0.714. The molecule has 9 aromatic carbocycles. The van der Waals surface area contributed by atoms with Gasteiger partial charge in [-0.3, -0.25) is 0 Å². The summed E-state index contributed by atoms with van der Waals surface area (Å²) in [6.07, 6.45) is 0. The number of benzene rings is 9. The molecule has 0 saturated heterocycles. The molecule has 0 fully saturated rings. The van der Waals surface area contributed by atoms with Crippen LogP contribution in [0.4, 0.5) is 17.1 Å². The standard InChI is InChI=1S/C57H39NS/c1-56(38-17-5-2-6-18-38)50-26-14-11-23-44(50)47-35-41(29-32-51(47)56)58(43-31-34-55-49(37-43)46-25-13-16-28-54(46)59-55)42-30-33-53-48(36-42)45-24-12-15-27-52(45)57(53,39-19-7-3-8-20-39)40-21-9-4-10-22-40/h2-37H,1H3. The molecule has 0 spiro atoms. The van der Waals surface area contributed by atoms with Crippen LogP contribution in [0.3, 0.4) is 0 Å². The van der Waals surface area contributed by atoms with Gasteiger partial charge in [-0.05, 0) is 117 Å². The molecule has 0 bridgehead atoms. The second kappa shape index (κ2) is 13.0. The number of hydrogen-bond donors (Lipinski definition) is 0. The van der Waals surface area contributed by atoms with Crippen molar-refractivity contribution in [2.45, 2.75) is 17.8 Å². The summed E-state index contributed by atoms with van der Waals surface area (Å²) in [6, 6.07) is 81.4. The monoisotopic (exact) mass is 769 g/mol. The van der Waals surface area contributed by atoms with Crippen LogP contribution in [0.15, 0.2) is 218 Å². The van der Waals surface area contributed by atoms with E-state index in [4.69, 9.17) is 0 Å². The van der Waals surface area contributed by atoms with E-state index in [-0.39, 0.29) is 5.41 Å². The first-order valence-corrected chi connectivity index (χ1v) is 21.3. The molecule has 2 heteroatoms. The van der Waals surface area contributed by atoms with Gasteiger partial charge in [0.25, 0.3) is 0 Å². The van der Waals surface area contributed by atoms with Gasteiger partial charge in [0.15, 0.2) is 0 Å². The van der Waals surface area contributed by atoms with Crippen molar-refractivity contribution in [3.8, 4) is 22.3 Å². The van der Waals surface area contributed by atoms with Gasteiger partial charge < -0.3 is 4.90 Å². The van der Waals surface area contributed by atoms with Crippen LogP contribution in [-0.4, -0.2) is 0 Å². The number of rotatable bonds is 6. The summed E-state index contributed by atoms with van der Waals surface area (Å²) in [4.78, 5) is 2.49. The van der Waals surface area contributed by atoms with E-state index in [0.29, 0.717) is 0 Å². The van der Waals surface area contributed by atoms with Crippen LogP contribution in [0, 0.1) is 0 Å². The van der Waals surface area contributed by atoms with Gasteiger partial charge in [0.2, 0.25) is 0 Å². The molecule has 2 aliphatic rings. The third-order valence-electron chi connectivity index (χ3n) is 13.2. The molecule has 0 aliphatic heterocycles. The maximum atomic E-state index is 2.49. The minimum Gasteiger partial charge on any atom is -0.310 e. The van der Waals surface area contributed by atoms with Gasteiger partial charge in [0.05, 0.1) is 5.41 Å². The molecule has 1 atom stereocenters. The summed E-state index contributed by atoms with van der Waals surface area (Å²) in [5, 5.41) is 2.59. The first-order valence-electron chi connectivity index (χ1n) is 20.5. The lowest BCUT2D eigenvalue weighted by Gasteiger charge is -2.34. The summed E-state index contributed by atoms with van der Waals surface area (Å²) in [5.74, 6) is 0. The zero-order valence-electron chi connectivity index (χ0n) is 32.6. The Morgan fingerprint density at radius 3 is 1.46 bits per heavy atom. The van der Waals surface area contributed by atoms with Crippen molar-refractivity contribution in [2.24, 2.45) is 0 Å². The molecule has 59 heavy (non-hydrogen) atoms. The Balaban J connectivity index is 1.11. The second-order valence-corrected chi connectivity index (χ2v) is 17.2. The molecule has 10 aromatic rings. The largest absolute Gasteiger partial charge is 0.310 e. The van der Waals surface area contributed by atoms with Crippen LogP contribution in [0.1, 0.15) is 45.9 Å². The highest BCUT2D eigenvalue weighted by atomic mass is 32.1. The molecular weight excluding hydrogens is 731 g/mol. The molecule has 0 amide bonds. The van der Waals surface area contributed by atoms with Crippen molar-refractivity contribution < 1.29 is 0 Å². The van der Waals surface area contributed by atoms with Gasteiger partial charge in [0, 0.05) is 42.6 Å². The van der Waals surface area contributed by atoms with E-state index >= 15 is 0 Å². The van der Waals surface area contributed by atoms with Crippen molar-refractivity contribution in [2.75, 3.05) is 4.90 Å². The van der Waals surface area contributed by atoms with Crippen molar-refractivity contribution in [1.82, 2.24) is 0 Å². The molecule has 2 aliphatic carbocycles. The third-order valence-corrected chi connectivity index (χ3v) is 14.4. The van der Waals surface area contributed by atoms with Crippen LogP contribution in [0.5, 0.6) is 0 Å². The summed E-state index contributed by atoms with van der Waals surface area (Å²) < 4.78 is 2.61. The Morgan fingerprint density at radius 2 is 0.780 bits per heavy atom.